The highest BCUT2D eigenvalue weighted by Gasteiger charge is 2.18. The number of benzene rings is 1. The molecule has 1 fully saturated rings. The summed E-state index contributed by atoms with van der Waals surface area (Å²) in [6.07, 6.45) is 3.11. The minimum absolute atomic E-state index is 0.0320. The lowest BCUT2D eigenvalue weighted by Gasteiger charge is -2.22. The van der Waals surface area contributed by atoms with Gasteiger partial charge in [-0.25, -0.2) is 0 Å². The lowest BCUT2D eigenvalue weighted by atomic mass is 10.1. The first-order valence-corrected chi connectivity index (χ1v) is 6.79. The van der Waals surface area contributed by atoms with Crippen LogP contribution < -0.4 is 5.32 Å². The third kappa shape index (κ3) is 3.68. The monoisotopic (exact) mass is 298 g/mol. The Morgan fingerprint density at radius 1 is 1.50 bits per heavy atom. The summed E-state index contributed by atoms with van der Waals surface area (Å²) in [6, 6.07) is 3.79. The van der Waals surface area contributed by atoms with E-state index in [4.69, 9.17) is 16.3 Å². The fraction of sp³-hybridized carbons (Fsp3) is 0.462. The molecule has 1 atom stereocenters. The van der Waals surface area contributed by atoms with Gasteiger partial charge in [0.2, 0.25) is 0 Å². The molecular weight excluding hydrogens is 284 g/mol. The van der Waals surface area contributed by atoms with E-state index < -0.39 is 4.92 Å². The highest BCUT2D eigenvalue weighted by Crippen LogP contribution is 2.22. The van der Waals surface area contributed by atoms with Crippen LogP contribution in [0.4, 0.5) is 5.69 Å². The number of carbonyl (C=O) groups is 1. The van der Waals surface area contributed by atoms with E-state index in [0.29, 0.717) is 6.54 Å². The van der Waals surface area contributed by atoms with Crippen molar-refractivity contribution < 1.29 is 14.5 Å². The quantitative estimate of drug-likeness (QED) is 0.684. The van der Waals surface area contributed by atoms with E-state index in [2.05, 4.69) is 5.32 Å². The van der Waals surface area contributed by atoms with Gasteiger partial charge in [0, 0.05) is 25.3 Å². The van der Waals surface area contributed by atoms with E-state index in [0.717, 1.165) is 25.9 Å². The molecule has 1 aromatic carbocycles. The van der Waals surface area contributed by atoms with Crippen LogP contribution in [0.2, 0.25) is 5.02 Å². The number of hydrogen-bond donors (Lipinski definition) is 1. The maximum atomic E-state index is 12.0. The number of amides is 1. The number of non-ortho nitro benzene ring substituents is 1. The van der Waals surface area contributed by atoms with Gasteiger partial charge in [0.1, 0.15) is 0 Å². The number of halogens is 1. The molecule has 7 heteroatoms. The summed E-state index contributed by atoms with van der Waals surface area (Å²) in [5, 5.41) is 13.4. The minimum atomic E-state index is -0.552. The van der Waals surface area contributed by atoms with Gasteiger partial charge in [0.05, 0.1) is 21.6 Å². The summed E-state index contributed by atoms with van der Waals surface area (Å²) in [5.41, 5.74) is 0.0928. The number of nitrogens with one attached hydrogen (secondary N) is 1. The number of hydrogen-bond acceptors (Lipinski definition) is 4. The third-order valence-electron chi connectivity index (χ3n) is 3.17. The van der Waals surface area contributed by atoms with Crippen LogP contribution in [-0.4, -0.2) is 30.1 Å². The second-order valence-corrected chi connectivity index (χ2v) is 5.03. The molecule has 1 aliphatic heterocycles. The van der Waals surface area contributed by atoms with E-state index in [1.165, 1.54) is 18.2 Å². The Hall–Kier alpha value is -1.66. The Morgan fingerprint density at radius 2 is 2.30 bits per heavy atom. The Kier molecular flexibility index (Phi) is 4.92. The Balaban J connectivity index is 1.96. The van der Waals surface area contributed by atoms with Crippen molar-refractivity contribution >= 4 is 23.2 Å². The van der Waals surface area contributed by atoms with Crippen LogP contribution in [0, 0.1) is 10.1 Å². The summed E-state index contributed by atoms with van der Waals surface area (Å²) in [7, 11) is 0. The Labute approximate surface area is 121 Å². The number of nitro benzene ring substituents is 1. The average Bonchev–Trinajstić information content (AvgIpc) is 2.45. The number of rotatable bonds is 4. The van der Waals surface area contributed by atoms with Crippen LogP contribution in [0.1, 0.15) is 29.6 Å². The van der Waals surface area contributed by atoms with E-state index >= 15 is 0 Å². The van der Waals surface area contributed by atoms with Crippen molar-refractivity contribution in [3.8, 4) is 0 Å². The van der Waals surface area contributed by atoms with E-state index in [-0.39, 0.29) is 28.3 Å². The topological polar surface area (TPSA) is 81.5 Å². The normalized spacial score (nSPS) is 18.6. The summed E-state index contributed by atoms with van der Waals surface area (Å²) >= 11 is 5.89. The predicted octanol–water partition coefficient (Wildman–Crippen LogP) is 2.55. The molecule has 2 rings (SSSR count). The second kappa shape index (κ2) is 6.67. The first-order valence-electron chi connectivity index (χ1n) is 6.41. The van der Waals surface area contributed by atoms with E-state index in [1.54, 1.807) is 0 Å². The maximum Gasteiger partial charge on any atom is 0.270 e. The fourth-order valence-corrected chi connectivity index (χ4v) is 2.33. The van der Waals surface area contributed by atoms with Crippen LogP contribution in [-0.2, 0) is 4.74 Å². The van der Waals surface area contributed by atoms with Crippen LogP contribution in [0.5, 0.6) is 0 Å². The van der Waals surface area contributed by atoms with Crippen molar-refractivity contribution in [2.24, 2.45) is 0 Å². The number of carbonyl (C=O) groups excluding carboxylic acids is 1. The zero-order chi connectivity index (χ0) is 14.5. The molecule has 1 saturated heterocycles. The lowest BCUT2D eigenvalue weighted by Crippen LogP contribution is -2.35. The first-order chi connectivity index (χ1) is 9.58. The molecule has 0 saturated carbocycles. The smallest absolute Gasteiger partial charge is 0.270 e. The van der Waals surface area contributed by atoms with Crippen LogP contribution in [0.3, 0.4) is 0 Å². The summed E-state index contributed by atoms with van der Waals surface area (Å²) in [4.78, 5) is 22.0. The largest absolute Gasteiger partial charge is 0.376 e. The average molecular weight is 299 g/mol. The van der Waals surface area contributed by atoms with Crippen LogP contribution in [0.25, 0.3) is 0 Å². The fourth-order valence-electron chi connectivity index (χ4n) is 2.07. The van der Waals surface area contributed by atoms with Crippen molar-refractivity contribution in [1.29, 1.82) is 0 Å². The molecule has 6 nitrogen and oxygen atoms in total. The summed E-state index contributed by atoms with van der Waals surface area (Å²) in [6.45, 7) is 1.14. The highest BCUT2D eigenvalue weighted by atomic mass is 35.5. The predicted molar refractivity (Wildman–Crippen MR) is 74.0 cm³/mol. The van der Waals surface area contributed by atoms with Crippen molar-refractivity contribution in [2.45, 2.75) is 25.4 Å². The van der Waals surface area contributed by atoms with Gasteiger partial charge in [-0.1, -0.05) is 11.6 Å². The number of nitrogens with zero attached hydrogens (tertiary/aromatic N) is 1. The van der Waals surface area contributed by atoms with Gasteiger partial charge < -0.3 is 10.1 Å². The summed E-state index contributed by atoms with van der Waals surface area (Å²) < 4.78 is 5.51. The van der Waals surface area contributed by atoms with Gasteiger partial charge >= 0.3 is 0 Å². The zero-order valence-corrected chi connectivity index (χ0v) is 11.6. The van der Waals surface area contributed by atoms with E-state index in [1.807, 2.05) is 0 Å². The molecular formula is C13H15ClN2O4. The molecule has 108 valence electrons. The molecule has 20 heavy (non-hydrogen) atoms. The number of nitro groups is 1. The zero-order valence-electron chi connectivity index (χ0n) is 10.8. The van der Waals surface area contributed by atoms with Gasteiger partial charge in [-0.3, -0.25) is 14.9 Å². The molecule has 1 unspecified atom stereocenters. The van der Waals surface area contributed by atoms with Gasteiger partial charge in [-0.2, -0.15) is 0 Å². The molecule has 1 amide bonds. The number of ether oxygens (including phenoxy) is 1. The Morgan fingerprint density at radius 3 is 2.90 bits per heavy atom. The molecule has 1 heterocycles. The van der Waals surface area contributed by atoms with Crippen molar-refractivity contribution in [1.82, 2.24) is 5.32 Å². The van der Waals surface area contributed by atoms with Crippen molar-refractivity contribution in [2.75, 3.05) is 13.2 Å². The third-order valence-corrected chi connectivity index (χ3v) is 3.49. The minimum Gasteiger partial charge on any atom is -0.376 e. The molecule has 0 aromatic heterocycles. The SMILES string of the molecule is O=C(NCC1CCCCO1)c1ccc([N+](=O)[O-])cc1Cl. The Bertz CT molecular complexity index is 515. The molecule has 1 N–H and O–H groups in total. The molecule has 0 spiro atoms. The molecule has 0 radical (unpaired) electrons. The maximum absolute atomic E-state index is 12.0. The van der Waals surface area contributed by atoms with Crippen molar-refractivity contribution in [3.05, 3.63) is 38.9 Å². The van der Waals surface area contributed by atoms with E-state index in [9.17, 15) is 14.9 Å². The second-order valence-electron chi connectivity index (χ2n) is 4.62. The van der Waals surface area contributed by atoms with Crippen molar-refractivity contribution in [3.63, 3.8) is 0 Å². The van der Waals surface area contributed by atoms with Crippen LogP contribution in [0.15, 0.2) is 18.2 Å². The highest BCUT2D eigenvalue weighted by molar-refractivity contribution is 6.34. The standard InChI is InChI=1S/C13H15ClN2O4/c14-12-7-9(16(18)19)4-5-11(12)13(17)15-8-10-3-1-2-6-20-10/h4-5,7,10H,1-3,6,8H2,(H,15,17). The van der Waals surface area contributed by atoms with Gasteiger partial charge in [0.25, 0.3) is 11.6 Å². The first kappa shape index (κ1) is 14.7. The van der Waals surface area contributed by atoms with Gasteiger partial charge in [-0.15, -0.1) is 0 Å². The van der Waals surface area contributed by atoms with Gasteiger partial charge in [-0.05, 0) is 25.3 Å². The molecule has 0 bridgehead atoms. The summed E-state index contributed by atoms with van der Waals surface area (Å²) in [5.74, 6) is -0.348. The molecule has 1 aromatic rings. The molecule has 1 aliphatic rings. The van der Waals surface area contributed by atoms with Crippen LogP contribution >= 0.6 is 11.6 Å². The van der Waals surface area contributed by atoms with Gasteiger partial charge in [0.15, 0.2) is 0 Å². The lowest BCUT2D eigenvalue weighted by molar-refractivity contribution is -0.384. The molecule has 0 aliphatic carbocycles.